The van der Waals surface area contributed by atoms with Gasteiger partial charge in [0.25, 0.3) is 0 Å². The van der Waals surface area contributed by atoms with E-state index >= 15 is 0 Å². The highest BCUT2D eigenvalue weighted by atomic mass is 35.5. The average molecular weight is 295 g/mol. The standard InChI is InChI=1S/C15H12ClFO3/c16-7-8-20-12-4-1-10(2-5-12)15(19)11-3-6-14(18)13(17)9-11/h1-6,9,18H,7-8H2. The second kappa shape index (κ2) is 6.39. The molecule has 0 bridgehead atoms. The summed E-state index contributed by atoms with van der Waals surface area (Å²) >= 11 is 5.51. The lowest BCUT2D eigenvalue weighted by molar-refractivity contribution is 0.103. The summed E-state index contributed by atoms with van der Waals surface area (Å²) in [4.78, 5) is 12.1. The summed E-state index contributed by atoms with van der Waals surface area (Å²) in [6, 6.07) is 10.0. The molecule has 0 atom stereocenters. The third-order valence-corrected chi connectivity index (χ3v) is 2.83. The van der Waals surface area contributed by atoms with Gasteiger partial charge in [-0.25, -0.2) is 4.39 Å². The normalized spacial score (nSPS) is 10.3. The lowest BCUT2D eigenvalue weighted by Crippen LogP contribution is -2.02. The summed E-state index contributed by atoms with van der Waals surface area (Å²) in [5.74, 6) is -0.635. The van der Waals surface area contributed by atoms with E-state index in [1.807, 2.05) is 0 Å². The fourth-order valence-electron chi connectivity index (χ4n) is 1.67. The van der Waals surface area contributed by atoms with Crippen molar-refractivity contribution in [2.45, 2.75) is 0 Å². The fraction of sp³-hybridized carbons (Fsp3) is 0.133. The van der Waals surface area contributed by atoms with Gasteiger partial charge in [0.2, 0.25) is 0 Å². The molecular weight excluding hydrogens is 283 g/mol. The van der Waals surface area contributed by atoms with Gasteiger partial charge < -0.3 is 9.84 Å². The number of halogens is 2. The topological polar surface area (TPSA) is 46.5 Å². The average Bonchev–Trinajstić information content (AvgIpc) is 2.48. The van der Waals surface area contributed by atoms with Crippen LogP contribution in [0.3, 0.4) is 0 Å². The first-order chi connectivity index (χ1) is 9.61. The molecule has 0 saturated carbocycles. The number of rotatable bonds is 5. The van der Waals surface area contributed by atoms with E-state index in [0.717, 1.165) is 12.1 Å². The molecule has 0 aliphatic rings. The van der Waals surface area contributed by atoms with Gasteiger partial charge in [-0.1, -0.05) is 0 Å². The number of phenolic OH excluding ortho intramolecular Hbond substituents is 1. The Bertz CT molecular complexity index is 611. The van der Waals surface area contributed by atoms with E-state index in [1.54, 1.807) is 24.3 Å². The predicted octanol–water partition coefficient (Wildman–Crippen LogP) is 3.38. The Labute approximate surface area is 120 Å². The predicted molar refractivity (Wildman–Crippen MR) is 74.2 cm³/mol. The largest absolute Gasteiger partial charge is 0.505 e. The first-order valence-electron chi connectivity index (χ1n) is 5.94. The number of carbonyl (C=O) groups is 1. The Kier molecular flexibility index (Phi) is 4.58. The second-order valence-corrected chi connectivity index (χ2v) is 4.44. The van der Waals surface area contributed by atoms with Crippen LogP contribution in [0.5, 0.6) is 11.5 Å². The molecule has 20 heavy (non-hydrogen) atoms. The monoisotopic (exact) mass is 294 g/mol. The van der Waals surface area contributed by atoms with Crippen molar-refractivity contribution in [3.05, 3.63) is 59.4 Å². The Morgan fingerprint density at radius 2 is 1.80 bits per heavy atom. The van der Waals surface area contributed by atoms with E-state index in [4.69, 9.17) is 21.4 Å². The lowest BCUT2D eigenvalue weighted by Gasteiger charge is -2.06. The van der Waals surface area contributed by atoms with E-state index in [0.29, 0.717) is 23.8 Å². The van der Waals surface area contributed by atoms with E-state index < -0.39 is 11.6 Å². The third kappa shape index (κ3) is 3.27. The van der Waals surface area contributed by atoms with E-state index in [2.05, 4.69) is 0 Å². The lowest BCUT2D eigenvalue weighted by atomic mass is 10.0. The minimum Gasteiger partial charge on any atom is -0.505 e. The van der Waals surface area contributed by atoms with Crippen molar-refractivity contribution in [1.29, 1.82) is 0 Å². The molecule has 0 saturated heterocycles. The van der Waals surface area contributed by atoms with Crippen LogP contribution in [0.25, 0.3) is 0 Å². The Morgan fingerprint density at radius 1 is 1.15 bits per heavy atom. The molecule has 3 nitrogen and oxygen atoms in total. The zero-order valence-corrected chi connectivity index (χ0v) is 11.2. The van der Waals surface area contributed by atoms with Crippen LogP contribution in [-0.4, -0.2) is 23.4 Å². The number of hydrogen-bond acceptors (Lipinski definition) is 3. The van der Waals surface area contributed by atoms with Crippen LogP contribution < -0.4 is 4.74 Å². The number of aromatic hydroxyl groups is 1. The second-order valence-electron chi connectivity index (χ2n) is 4.06. The van der Waals surface area contributed by atoms with Crippen LogP contribution in [0.2, 0.25) is 0 Å². The molecule has 0 fully saturated rings. The van der Waals surface area contributed by atoms with Gasteiger partial charge in [0.1, 0.15) is 12.4 Å². The highest BCUT2D eigenvalue weighted by Crippen LogP contribution is 2.20. The Balaban J connectivity index is 2.18. The first-order valence-corrected chi connectivity index (χ1v) is 6.47. The molecule has 0 aliphatic heterocycles. The zero-order valence-electron chi connectivity index (χ0n) is 10.5. The first kappa shape index (κ1) is 14.3. The van der Waals surface area contributed by atoms with Gasteiger partial charge in [0.05, 0.1) is 5.88 Å². The minimum atomic E-state index is -0.821. The molecule has 0 aliphatic carbocycles. The molecule has 5 heteroatoms. The van der Waals surface area contributed by atoms with Crippen molar-refractivity contribution in [3.63, 3.8) is 0 Å². The van der Waals surface area contributed by atoms with Crippen LogP contribution >= 0.6 is 11.6 Å². The quantitative estimate of drug-likeness (QED) is 0.679. The summed E-state index contributed by atoms with van der Waals surface area (Å²) in [7, 11) is 0. The number of carbonyl (C=O) groups excluding carboxylic acids is 1. The van der Waals surface area contributed by atoms with E-state index in [-0.39, 0.29) is 11.3 Å². The van der Waals surface area contributed by atoms with Crippen molar-refractivity contribution in [3.8, 4) is 11.5 Å². The smallest absolute Gasteiger partial charge is 0.193 e. The molecular formula is C15H12ClFO3. The molecule has 0 aromatic heterocycles. The summed E-state index contributed by atoms with van der Waals surface area (Å²) in [5, 5.41) is 9.10. The summed E-state index contributed by atoms with van der Waals surface area (Å²) in [6.45, 7) is 0.387. The molecule has 2 aromatic rings. The Morgan fingerprint density at radius 3 is 2.40 bits per heavy atom. The highest BCUT2D eigenvalue weighted by Gasteiger charge is 2.11. The van der Waals surface area contributed by atoms with Crippen LogP contribution in [0, 0.1) is 5.82 Å². The molecule has 2 rings (SSSR count). The minimum absolute atomic E-state index is 0.176. The third-order valence-electron chi connectivity index (χ3n) is 2.67. The Hall–Kier alpha value is -2.07. The maximum atomic E-state index is 13.2. The van der Waals surface area contributed by atoms with Crippen molar-refractivity contribution in [2.75, 3.05) is 12.5 Å². The van der Waals surface area contributed by atoms with Crippen LogP contribution in [0.4, 0.5) is 4.39 Å². The maximum Gasteiger partial charge on any atom is 0.193 e. The summed E-state index contributed by atoms with van der Waals surface area (Å²) in [6.07, 6.45) is 0. The molecule has 0 unspecified atom stereocenters. The molecule has 1 N–H and O–H groups in total. The number of benzene rings is 2. The molecule has 0 spiro atoms. The number of alkyl halides is 1. The molecule has 0 radical (unpaired) electrons. The number of hydrogen-bond donors (Lipinski definition) is 1. The molecule has 0 amide bonds. The highest BCUT2D eigenvalue weighted by molar-refractivity contribution is 6.18. The molecule has 104 valence electrons. The maximum absolute atomic E-state index is 13.2. The van der Waals surface area contributed by atoms with E-state index in [1.165, 1.54) is 6.07 Å². The van der Waals surface area contributed by atoms with Crippen LogP contribution in [0.15, 0.2) is 42.5 Å². The van der Waals surface area contributed by atoms with Crippen molar-refractivity contribution < 1.29 is 19.0 Å². The van der Waals surface area contributed by atoms with Crippen molar-refractivity contribution >= 4 is 17.4 Å². The summed E-state index contributed by atoms with van der Waals surface area (Å²) in [5.41, 5.74) is 0.586. The summed E-state index contributed by atoms with van der Waals surface area (Å²) < 4.78 is 18.5. The zero-order chi connectivity index (χ0) is 14.5. The van der Waals surface area contributed by atoms with Gasteiger partial charge in [0, 0.05) is 11.1 Å². The van der Waals surface area contributed by atoms with Gasteiger partial charge >= 0.3 is 0 Å². The SMILES string of the molecule is O=C(c1ccc(OCCCl)cc1)c1ccc(O)c(F)c1. The fourth-order valence-corrected chi connectivity index (χ4v) is 1.75. The van der Waals surface area contributed by atoms with Gasteiger partial charge in [-0.15, -0.1) is 11.6 Å². The van der Waals surface area contributed by atoms with Crippen LogP contribution in [0.1, 0.15) is 15.9 Å². The van der Waals surface area contributed by atoms with Crippen molar-refractivity contribution in [2.24, 2.45) is 0 Å². The van der Waals surface area contributed by atoms with E-state index in [9.17, 15) is 9.18 Å². The van der Waals surface area contributed by atoms with Gasteiger partial charge in [-0.2, -0.15) is 0 Å². The number of ketones is 1. The number of phenols is 1. The molecule has 0 heterocycles. The van der Waals surface area contributed by atoms with Gasteiger partial charge in [-0.05, 0) is 42.5 Å². The van der Waals surface area contributed by atoms with Crippen LogP contribution in [-0.2, 0) is 0 Å². The van der Waals surface area contributed by atoms with Gasteiger partial charge in [0.15, 0.2) is 17.3 Å². The van der Waals surface area contributed by atoms with Gasteiger partial charge in [-0.3, -0.25) is 4.79 Å². The number of ether oxygens (including phenoxy) is 1. The van der Waals surface area contributed by atoms with Crippen molar-refractivity contribution in [1.82, 2.24) is 0 Å². The molecule has 2 aromatic carbocycles.